The molecule has 0 aliphatic carbocycles. The third-order valence-electron chi connectivity index (χ3n) is 8.82. The summed E-state index contributed by atoms with van der Waals surface area (Å²) in [6.45, 7) is 0. The predicted molar refractivity (Wildman–Crippen MR) is 193 cm³/mol. The van der Waals surface area contributed by atoms with Gasteiger partial charge in [-0.15, -0.1) is 22.7 Å². The number of fused-ring (bicyclic) bond motifs is 10. The molecule has 0 radical (unpaired) electrons. The average molecular weight is 610 g/mol. The molecule has 0 atom stereocenters. The number of aromatic nitrogens is 3. The van der Waals surface area contributed by atoms with Crippen molar-refractivity contribution >= 4 is 85.0 Å². The Balaban J connectivity index is 1.26. The third kappa shape index (κ3) is 3.69. The molecule has 0 fully saturated rings. The van der Waals surface area contributed by atoms with Crippen molar-refractivity contribution in [3.8, 4) is 28.3 Å². The predicted octanol–water partition coefficient (Wildman–Crippen LogP) is 11.6. The van der Waals surface area contributed by atoms with Crippen LogP contribution < -0.4 is 0 Å². The Hall–Kier alpha value is -5.36. The topological polar surface area (TPSA) is 30.7 Å². The molecular formula is C40H23N3S2. The Kier molecular flexibility index (Phi) is 5.32. The highest BCUT2D eigenvalue weighted by molar-refractivity contribution is 7.26. The van der Waals surface area contributed by atoms with Gasteiger partial charge < -0.3 is 4.57 Å². The summed E-state index contributed by atoms with van der Waals surface area (Å²) in [5.41, 5.74) is 6.61. The smallest absolute Gasteiger partial charge is 0.161 e. The Morgan fingerprint density at radius 3 is 2.00 bits per heavy atom. The van der Waals surface area contributed by atoms with Crippen LogP contribution in [0.15, 0.2) is 140 Å². The summed E-state index contributed by atoms with van der Waals surface area (Å²) in [5, 5.41) is 7.45. The summed E-state index contributed by atoms with van der Waals surface area (Å²) < 4.78 is 6.27. The molecule has 0 spiro atoms. The fraction of sp³-hybridized carbons (Fsp3) is 0. The van der Waals surface area contributed by atoms with Crippen molar-refractivity contribution in [3.63, 3.8) is 0 Å². The molecule has 10 rings (SSSR count). The van der Waals surface area contributed by atoms with Crippen LogP contribution >= 0.6 is 22.7 Å². The van der Waals surface area contributed by atoms with Crippen molar-refractivity contribution in [1.82, 2.24) is 14.5 Å². The molecule has 4 aromatic heterocycles. The number of thiophene rings is 2. The zero-order valence-corrected chi connectivity index (χ0v) is 25.6. The van der Waals surface area contributed by atoms with Gasteiger partial charge >= 0.3 is 0 Å². The molecule has 45 heavy (non-hydrogen) atoms. The van der Waals surface area contributed by atoms with Gasteiger partial charge in [-0.05, 0) is 36.4 Å². The van der Waals surface area contributed by atoms with Gasteiger partial charge in [0.2, 0.25) is 0 Å². The number of para-hydroxylation sites is 1. The van der Waals surface area contributed by atoms with Gasteiger partial charge in [0, 0.05) is 63.2 Å². The molecule has 10 aromatic rings. The van der Waals surface area contributed by atoms with Crippen LogP contribution in [-0.4, -0.2) is 14.5 Å². The second kappa shape index (κ2) is 9.57. The molecule has 0 N–H and O–H groups in total. The molecule has 0 amide bonds. The van der Waals surface area contributed by atoms with E-state index in [1.54, 1.807) is 11.3 Å². The monoisotopic (exact) mass is 609 g/mol. The lowest BCUT2D eigenvalue weighted by Crippen LogP contribution is -1.97. The molecule has 0 unspecified atom stereocenters. The van der Waals surface area contributed by atoms with E-state index in [-0.39, 0.29) is 0 Å². The molecular weight excluding hydrogens is 587 g/mol. The maximum absolute atomic E-state index is 5.28. The van der Waals surface area contributed by atoms with Gasteiger partial charge in [0.1, 0.15) is 4.83 Å². The van der Waals surface area contributed by atoms with Crippen molar-refractivity contribution < 1.29 is 0 Å². The normalized spacial score (nSPS) is 12.0. The molecule has 5 heteroatoms. The van der Waals surface area contributed by atoms with Crippen molar-refractivity contribution in [1.29, 1.82) is 0 Å². The molecule has 210 valence electrons. The lowest BCUT2D eigenvalue weighted by molar-refractivity contribution is 1.18. The number of benzene rings is 6. The average Bonchev–Trinajstić information content (AvgIpc) is 3.77. The van der Waals surface area contributed by atoms with Crippen LogP contribution in [0.5, 0.6) is 0 Å². The Labute approximate surface area is 266 Å². The minimum atomic E-state index is 0.738. The summed E-state index contributed by atoms with van der Waals surface area (Å²) in [6.07, 6.45) is 0. The van der Waals surface area contributed by atoms with Gasteiger partial charge in [0.05, 0.1) is 16.7 Å². The van der Waals surface area contributed by atoms with E-state index in [0.29, 0.717) is 0 Å². The fourth-order valence-corrected chi connectivity index (χ4v) is 9.06. The minimum Gasteiger partial charge on any atom is -0.309 e. The Morgan fingerprint density at radius 1 is 0.467 bits per heavy atom. The van der Waals surface area contributed by atoms with E-state index in [2.05, 4.69) is 144 Å². The van der Waals surface area contributed by atoms with Crippen LogP contribution in [0, 0.1) is 0 Å². The molecule has 0 saturated carbocycles. The van der Waals surface area contributed by atoms with Crippen molar-refractivity contribution in [2.75, 3.05) is 0 Å². The largest absolute Gasteiger partial charge is 0.309 e. The van der Waals surface area contributed by atoms with Gasteiger partial charge in [-0.1, -0.05) is 103 Å². The quantitative estimate of drug-likeness (QED) is 0.199. The summed E-state index contributed by atoms with van der Waals surface area (Å²) >= 11 is 3.59. The van der Waals surface area contributed by atoms with Gasteiger partial charge in [-0.25, -0.2) is 9.97 Å². The first-order chi connectivity index (χ1) is 22.3. The van der Waals surface area contributed by atoms with Crippen LogP contribution in [0.2, 0.25) is 0 Å². The highest BCUT2D eigenvalue weighted by atomic mass is 32.1. The van der Waals surface area contributed by atoms with E-state index in [9.17, 15) is 0 Å². The number of rotatable bonds is 3. The molecule has 0 aliphatic heterocycles. The molecule has 0 aliphatic rings. The molecule has 3 nitrogen and oxygen atoms in total. The lowest BCUT2D eigenvalue weighted by atomic mass is 10.1. The van der Waals surface area contributed by atoms with E-state index < -0.39 is 0 Å². The zero-order chi connectivity index (χ0) is 29.5. The van der Waals surface area contributed by atoms with E-state index in [4.69, 9.17) is 9.97 Å². The summed E-state index contributed by atoms with van der Waals surface area (Å²) in [6, 6.07) is 49.9. The van der Waals surface area contributed by atoms with Crippen LogP contribution in [-0.2, 0) is 0 Å². The van der Waals surface area contributed by atoms with Crippen molar-refractivity contribution in [3.05, 3.63) is 140 Å². The highest BCUT2D eigenvalue weighted by Crippen LogP contribution is 2.44. The summed E-state index contributed by atoms with van der Waals surface area (Å²) in [7, 11) is 0. The second-order valence-corrected chi connectivity index (χ2v) is 13.5. The van der Waals surface area contributed by atoms with E-state index in [0.717, 1.165) is 38.5 Å². The van der Waals surface area contributed by atoms with E-state index in [1.165, 1.54) is 52.1 Å². The number of hydrogen-bond donors (Lipinski definition) is 0. The number of hydrogen-bond acceptors (Lipinski definition) is 4. The molecule has 0 saturated heterocycles. The molecule has 4 heterocycles. The first-order valence-corrected chi connectivity index (χ1v) is 16.6. The summed E-state index contributed by atoms with van der Waals surface area (Å²) in [4.78, 5) is 11.5. The summed E-state index contributed by atoms with van der Waals surface area (Å²) in [5.74, 6) is 0.738. The Morgan fingerprint density at radius 2 is 1.16 bits per heavy atom. The van der Waals surface area contributed by atoms with Gasteiger partial charge in [-0.2, -0.15) is 0 Å². The zero-order valence-electron chi connectivity index (χ0n) is 23.9. The SMILES string of the molecule is c1ccc(-c2nc(-c3cccc(-n4c5ccccc5c5ccc6sc7ccccc7c6c54)c3)nc3sc4ccccc4c23)cc1. The van der Waals surface area contributed by atoms with Gasteiger partial charge in [-0.3, -0.25) is 0 Å². The third-order valence-corrected chi connectivity index (χ3v) is 11.0. The van der Waals surface area contributed by atoms with Crippen molar-refractivity contribution in [2.45, 2.75) is 0 Å². The van der Waals surface area contributed by atoms with Crippen LogP contribution in [0.3, 0.4) is 0 Å². The first-order valence-electron chi connectivity index (χ1n) is 15.0. The maximum Gasteiger partial charge on any atom is 0.161 e. The van der Waals surface area contributed by atoms with Gasteiger partial charge in [0.15, 0.2) is 5.82 Å². The highest BCUT2D eigenvalue weighted by Gasteiger charge is 2.20. The van der Waals surface area contributed by atoms with E-state index >= 15 is 0 Å². The van der Waals surface area contributed by atoms with Gasteiger partial charge in [0.25, 0.3) is 0 Å². The second-order valence-electron chi connectivity index (χ2n) is 11.4. The van der Waals surface area contributed by atoms with Crippen molar-refractivity contribution in [2.24, 2.45) is 0 Å². The van der Waals surface area contributed by atoms with Crippen LogP contribution in [0.4, 0.5) is 0 Å². The Bertz CT molecular complexity index is 2770. The molecule has 0 bridgehead atoms. The lowest BCUT2D eigenvalue weighted by Gasteiger charge is -2.12. The molecule has 6 aromatic carbocycles. The first kappa shape index (κ1) is 25.0. The van der Waals surface area contributed by atoms with Crippen LogP contribution in [0.1, 0.15) is 0 Å². The standard InChI is InChI=1S/C40H23N3S2/c1-2-11-24(12-3-1)37-36-30-17-6-9-20-33(30)45-40(36)42-39(41-37)25-13-10-14-26(23-25)43-31-18-7-4-15-27(31)28-21-22-34-35(38(28)43)29-16-5-8-19-32(29)44-34/h1-23H. The minimum absolute atomic E-state index is 0.738. The van der Waals surface area contributed by atoms with Crippen LogP contribution in [0.25, 0.3) is 90.6 Å². The number of nitrogens with zero attached hydrogens (tertiary/aromatic N) is 3. The maximum atomic E-state index is 5.28. The fourth-order valence-electron chi connectivity index (χ4n) is 6.87. The van der Waals surface area contributed by atoms with E-state index in [1.807, 2.05) is 11.3 Å².